The van der Waals surface area contributed by atoms with Gasteiger partial charge in [-0.2, -0.15) is 0 Å². The van der Waals surface area contributed by atoms with Gasteiger partial charge in [-0.25, -0.2) is 0 Å². The molecule has 4 rings (SSSR count). The smallest absolute Gasteiger partial charge is 0.115 e. The predicted octanol–water partition coefficient (Wildman–Crippen LogP) is -1.75. The number of phenolic OH excluding ortho intramolecular Hbond substituents is 1. The Morgan fingerprint density at radius 2 is 1.30 bits per heavy atom. The Balaban J connectivity index is 0. The van der Waals surface area contributed by atoms with Gasteiger partial charge in [0.2, 0.25) is 0 Å². The molecule has 3 aliphatic carbocycles. The first-order valence-electron chi connectivity index (χ1n) is 11.7. The maximum absolute atomic E-state index is 10.4. The summed E-state index contributed by atoms with van der Waals surface area (Å²) >= 11 is 0. The number of rotatable bonds is 0. The number of phenols is 1. The van der Waals surface area contributed by atoms with E-state index < -0.39 is 23.9 Å². The van der Waals surface area contributed by atoms with Gasteiger partial charge < -0.3 is 49.8 Å². The number of carboxylic acid groups (broad SMARTS) is 4. The number of hydrogen-bond donors (Lipinski definition) is 2. The Morgan fingerprint density at radius 1 is 0.838 bits per heavy atom. The zero-order valence-corrected chi connectivity index (χ0v) is 25.8. The van der Waals surface area contributed by atoms with E-state index in [9.17, 15) is 10.2 Å². The number of aliphatic carboxylic acids is 4. The Labute approximate surface area is 237 Å². The van der Waals surface area contributed by atoms with Gasteiger partial charge in [0.05, 0.1) is 6.10 Å². The van der Waals surface area contributed by atoms with Crippen molar-refractivity contribution in [3.05, 3.63) is 29.3 Å². The van der Waals surface area contributed by atoms with E-state index >= 15 is 0 Å². The van der Waals surface area contributed by atoms with Crippen LogP contribution in [-0.2, 0) is 25.6 Å². The van der Waals surface area contributed by atoms with E-state index in [2.05, 4.69) is 13.0 Å². The molecule has 2 saturated carbocycles. The van der Waals surface area contributed by atoms with Gasteiger partial charge in [0.15, 0.2) is 0 Å². The summed E-state index contributed by atoms with van der Waals surface area (Å²) in [6.45, 7) is 6.21. The van der Waals surface area contributed by atoms with Gasteiger partial charge in [0.25, 0.3) is 0 Å². The van der Waals surface area contributed by atoms with Crippen molar-refractivity contribution in [2.75, 3.05) is 0 Å². The molecule has 1 aromatic rings. The third-order valence-corrected chi connectivity index (χ3v) is 6.66. The Bertz CT molecular complexity index is 839. The van der Waals surface area contributed by atoms with Crippen molar-refractivity contribution in [1.82, 2.24) is 0 Å². The van der Waals surface area contributed by atoms with E-state index in [1.54, 1.807) is 0 Å². The molecule has 10 nitrogen and oxygen atoms in total. The van der Waals surface area contributed by atoms with Crippen LogP contribution in [0.2, 0.25) is 0 Å². The summed E-state index contributed by atoms with van der Waals surface area (Å²) in [4.78, 5) is 35.6. The van der Waals surface area contributed by atoms with Crippen LogP contribution >= 0.6 is 0 Å². The maximum atomic E-state index is 10.4. The zero-order chi connectivity index (χ0) is 28.2. The molecule has 37 heavy (non-hydrogen) atoms. The Kier molecular flexibility index (Phi) is 17.3. The minimum absolute atomic E-state index is 0. The molecule has 2 fully saturated rings. The summed E-state index contributed by atoms with van der Waals surface area (Å²) in [7, 11) is 0. The maximum Gasteiger partial charge on any atom is 0.115 e. The van der Waals surface area contributed by atoms with E-state index in [1.807, 2.05) is 12.1 Å². The fourth-order valence-corrected chi connectivity index (χ4v) is 5.54. The fourth-order valence-electron chi connectivity index (χ4n) is 5.54. The van der Waals surface area contributed by atoms with Crippen molar-refractivity contribution >= 4 is 51.2 Å². The largest absolute Gasteiger partial charge is 0.550 e. The number of carbonyl (C=O) groups excluding carboxylic acids is 4. The van der Waals surface area contributed by atoms with E-state index in [0.29, 0.717) is 17.6 Å². The summed E-state index contributed by atoms with van der Waals surface area (Å²) in [6.07, 6.45) is 6.78. The molecule has 4 radical (unpaired) electrons. The Hall–Kier alpha value is -2.22. The minimum atomic E-state index is -1.08. The molecule has 0 spiro atoms. The summed E-state index contributed by atoms with van der Waals surface area (Å²) in [5.41, 5.74) is 2.99. The van der Waals surface area contributed by atoms with Crippen LogP contribution in [0.3, 0.4) is 0 Å². The van der Waals surface area contributed by atoms with E-state index in [1.165, 1.54) is 30.4 Å². The van der Waals surface area contributed by atoms with Gasteiger partial charge in [-0.05, 0) is 113 Å². The molecule has 11 heteroatoms. The van der Waals surface area contributed by atoms with Crippen LogP contribution in [0.5, 0.6) is 5.75 Å². The minimum Gasteiger partial charge on any atom is -0.550 e. The van der Waals surface area contributed by atoms with Crippen molar-refractivity contribution in [3.8, 4) is 5.75 Å². The van der Waals surface area contributed by atoms with Crippen molar-refractivity contribution in [3.63, 3.8) is 0 Å². The molecule has 0 aliphatic heterocycles. The van der Waals surface area contributed by atoms with Crippen LogP contribution < -0.4 is 20.4 Å². The van der Waals surface area contributed by atoms with Gasteiger partial charge in [-0.3, -0.25) is 0 Å². The monoisotopic (exact) mass is 716 g/mol. The molecule has 0 saturated heterocycles. The second-order valence-electron chi connectivity index (χ2n) is 9.40. The molecular weight excluding hydrogens is 679 g/mol. The number of benzene rings is 1. The average Bonchev–Trinajstić information content (AvgIpc) is 3.01. The van der Waals surface area contributed by atoms with E-state index in [-0.39, 0.29) is 38.8 Å². The van der Waals surface area contributed by atoms with Crippen LogP contribution in [0.15, 0.2) is 18.2 Å². The van der Waals surface area contributed by atoms with Gasteiger partial charge in [-0.15, -0.1) is 0 Å². The average molecular weight is 716 g/mol. The van der Waals surface area contributed by atoms with Crippen LogP contribution in [0.4, 0.5) is 0 Å². The third kappa shape index (κ3) is 13.2. The van der Waals surface area contributed by atoms with Gasteiger partial charge in [-0.1, -0.05) is 13.0 Å². The van der Waals surface area contributed by atoms with Crippen molar-refractivity contribution in [2.24, 2.45) is 17.3 Å². The van der Waals surface area contributed by atoms with Gasteiger partial charge >= 0.3 is 0 Å². The second kappa shape index (κ2) is 17.3. The number of aryl methyl sites for hydroxylation is 1. The van der Waals surface area contributed by atoms with Gasteiger partial charge in [0, 0.05) is 51.2 Å². The van der Waals surface area contributed by atoms with Crippen molar-refractivity contribution in [1.29, 1.82) is 0 Å². The third-order valence-electron chi connectivity index (χ3n) is 6.66. The summed E-state index contributed by atoms with van der Waals surface area (Å²) in [6, 6.07) is 5.96. The van der Waals surface area contributed by atoms with E-state index in [4.69, 9.17) is 39.6 Å². The van der Waals surface area contributed by atoms with Crippen molar-refractivity contribution in [2.45, 2.75) is 85.2 Å². The molecule has 5 atom stereocenters. The normalized spacial score (nSPS) is 25.8. The molecule has 0 amide bonds. The predicted molar refractivity (Wildman–Crippen MR) is 127 cm³/mol. The quantitative estimate of drug-likeness (QED) is 0.291. The molecule has 1 unspecified atom stereocenters. The number of aromatic hydroxyl groups is 1. The van der Waals surface area contributed by atoms with Crippen LogP contribution in [0.25, 0.3) is 0 Å². The Morgan fingerprint density at radius 3 is 1.76 bits per heavy atom. The number of carbonyl (C=O) groups is 4. The SMILES string of the molecule is CC(=O)[O-].CC(=O)[O-].CC(=O)[O-].CC(=O)[O-].C[C@]12CC[C@@H]3c4ccc(O)cc4CC[C@H]3[C@@H]1CCC2O.[Pb]. The first-order chi connectivity index (χ1) is 16.5. The summed E-state index contributed by atoms with van der Waals surface area (Å²) in [5, 5.41) is 55.6. The zero-order valence-electron chi connectivity index (χ0n) is 21.9. The topological polar surface area (TPSA) is 201 Å². The number of carboxylic acids is 4. The van der Waals surface area contributed by atoms with E-state index in [0.717, 1.165) is 52.9 Å². The van der Waals surface area contributed by atoms with Crippen molar-refractivity contribution < 1.29 is 49.8 Å². The molecule has 0 bridgehead atoms. The van der Waals surface area contributed by atoms with Crippen LogP contribution in [0, 0.1) is 17.3 Å². The molecular formula is C26H36O10Pb-4. The van der Waals surface area contributed by atoms with Crippen LogP contribution in [0.1, 0.15) is 83.8 Å². The number of aliphatic hydroxyl groups excluding tert-OH is 1. The summed E-state index contributed by atoms with van der Waals surface area (Å²) < 4.78 is 0. The first kappa shape index (κ1) is 36.9. The molecule has 1 aromatic carbocycles. The second-order valence-corrected chi connectivity index (χ2v) is 9.40. The molecule has 0 aromatic heterocycles. The molecule has 0 heterocycles. The number of fused-ring (bicyclic) bond motifs is 5. The van der Waals surface area contributed by atoms with Crippen LogP contribution in [-0.4, -0.2) is 67.5 Å². The molecule has 3 aliphatic rings. The molecule has 2 N–H and O–H groups in total. The summed E-state index contributed by atoms with van der Waals surface area (Å²) in [5.74, 6) is -1.84. The fraction of sp³-hybridized carbons (Fsp3) is 0.615. The number of hydrogen-bond acceptors (Lipinski definition) is 10. The first-order valence-corrected chi connectivity index (χ1v) is 11.7. The standard InChI is InChI=1S/C18H24O2.4C2H4O2.Pb/c1-18-9-8-14-13-5-3-12(19)10-11(13)2-4-15(14)16(18)6-7-17(18)20;4*1-2(3)4;/h3,5,10,14-17,19-20H,2,4,6-9H2,1H3;4*1H3,(H,3,4);/p-4/t14-,15-,16+,17?,18+;;;;;/m1...../s1. The van der Waals surface area contributed by atoms with Gasteiger partial charge in [0.1, 0.15) is 5.75 Å². The number of aliphatic hydroxyl groups is 1. The molecule has 208 valence electrons.